The molecule has 0 fully saturated rings. The zero-order valence-corrected chi connectivity index (χ0v) is 19.8. The van der Waals surface area contributed by atoms with Crippen molar-refractivity contribution >= 4 is 33.2 Å². The van der Waals surface area contributed by atoms with Crippen molar-refractivity contribution in [2.45, 2.75) is 31.7 Å². The molecule has 176 valence electrons. The van der Waals surface area contributed by atoms with Gasteiger partial charge in [0.2, 0.25) is 10.0 Å². The van der Waals surface area contributed by atoms with Gasteiger partial charge in [0, 0.05) is 0 Å². The molecule has 8 nitrogen and oxygen atoms in total. The van der Waals surface area contributed by atoms with Crippen LogP contribution >= 0.6 is 0 Å². The van der Waals surface area contributed by atoms with E-state index in [0.717, 1.165) is 16.7 Å². The van der Waals surface area contributed by atoms with E-state index in [1.807, 2.05) is 39.0 Å². The van der Waals surface area contributed by atoms with E-state index in [4.69, 9.17) is 9.88 Å². The molecule has 2 amide bonds. The lowest BCUT2D eigenvalue weighted by Crippen LogP contribution is -2.47. The Bertz CT molecular complexity index is 1390. The lowest BCUT2D eigenvalue weighted by molar-refractivity contribution is -0.125. The monoisotopic (exact) mass is 479 g/mol. The van der Waals surface area contributed by atoms with Crippen LogP contribution in [0.4, 0.5) is 11.4 Å². The van der Waals surface area contributed by atoms with Crippen LogP contribution in [-0.4, -0.2) is 26.8 Å². The van der Waals surface area contributed by atoms with Crippen molar-refractivity contribution in [3.63, 3.8) is 0 Å². The third-order valence-electron chi connectivity index (χ3n) is 5.92. The summed E-state index contributed by atoms with van der Waals surface area (Å²) in [5, 5.41) is 7.96. The Balaban J connectivity index is 1.75. The van der Waals surface area contributed by atoms with Crippen LogP contribution in [0.5, 0.6) is 5.75 Å². The summed E-state index contributed by atoms with van der Waals surface area (Å²) in [7, 11) is -4.00. The highest BCUT2D eigenvalue weighted by molar-refractivity contribution is 7.89. The highest BCUT2D eigenvalue weighted by Gasteiger charge is 2.38. The first kappa shape index (κ1) is 23.5. The van der Waals surface area contributed by atoms with Crippen LogP contribution in [0.15, 0.2) is 65.6 Å². The molecule has 1 unspecified atom stereocenters. The minimum atomic E-state index is -4.00. The number of fused-ring (bicyclic) bond motifs is 1. The number of benzene rings is 3. The van der Waals surface area contributed by atoms with E-state index in [1.165, 1.54) is 23.1 Å². The highest BCUT2D eigenvalue weighted by Crippen LogP contribution is 2.39. The number of amides is 2. The van der Waals surface area contributed by atoms with Gasteiger partial charge in [-0.15, -0.1) is 0 Å². The van der Waals surface area contributed by atoms with Crippen molar-refractivity contribution in [3.05, 3.63) is 82.9 Å². The summed E-state index contributed by atoms with van der Waals surface area (Å²) in [6, 6.07) is 15.9. The number of ether oxygens (including phenoxy) is 1. The first-order valence-electron chi connectivity index (χ1n) is 10.6. The molecule has 3 N–H and O–H groups in total. The lowest BCUT2D eigenvalue weighted by Gasteiger charge is -2.36. The van der Waals surface area contributed by atoms with Gasteiger partial charge in [-0.05, 0) is 61.2 Å². The number of sulfonamides is 1. The van der Waals surface area contributed by atoms with E-state index in [2.05, 4.69) is 5.32 Å². The molecule has 3 aromatic carbocycles. The average molecular weight is 480 g/mol. The molecule has 0 spiro atoms. The second-order valence-corrected chi connectivity index (χ2v) is 9.79. The van der Waals surface area contributed by atoms with Crippen molar-refractivity contribution in [2.75, 3.05) is 16.8 Å². The van der Waals surface area contributed by atoms with Crippen LogP contribution in [0.2, 0.25) is 0 Å². The summed E-state index contributed by atoms with van der Waals surface area (Å²) in [6.07, 6.45) is 0. The molecule has 0 aliphatic carbocycles. The van der Waals surface area contributed by atoms with E-state index >= 15 is 0 Å². The maximum Gasteiger partial charge on any atom is 0.265 e. The van der Waals surface area contributed by atoms with Gasteiger partial charge in [0.05, 0.1) is 16.3 Å². The Kier molecular flexibility index (Phi) is 6.16. The Morgan fingerprint density at radius 1 is 1.03 bits per heavy atom. The summed E-state index contributed by atoms with van der Waals surface area (Å²) in [4.78, 5) is 27.8. The SMILES string of the molecule is Cc1ccc(C)c(OCC(=O)N2c3ccc(S(N)(=O)=O)cc3NC(=O)C2c2ccccc2)c1C. The maximum atomic E-state index is 13.5. The molecule has 3 aromatic rings. The number of rotatable bonds is 5. The van der Waals surface area contributed by atoms with Gasteiger partial charge in [-0.1, -0.05) is 42.5 Å². The normalized spacial score (nSPS) is 15.5. The second kappa shape index (κ2) is 8.92. The summed E-state index contributed by atoms with van der Waals surface area (Å²) < 4.78 is 29.6. The van der Waals surface area contributed by atoms with Crippen molar-refractivity contribution < 1.29 is 22.7 Å². The molecule has 34 heavy (non-hydrogen) atoms. The quantitative estimate of drug-likeness (QED) is 0.582. The minimum absolute atomic E-state index is 0.167. The third kappa shape index (κ3) is 4.40. The predicted molar refractivity (Wildman–Crippen MR) is 129 cm³/mol. The number of aryl methyl sites for hydroxylation is 2. The minimum Gasteiger partial charge on any atom is -0.483 e. The fourth-order valence-corrected chi connectivity index (χ4v) is 4.56. The van der Waals surface area contributed by atoms with Gasteiger partial charge in [0.1, 0.15) is 11.8 Å². The predicted octanol–water partition coefficient (Wildman–Crippen LogP) is 3.36. The molecule has 0 aromatic heterocycles. The fourth-order valence-electron chi connectivity index (χ4n) is 4.02. The Labute approximate surface area is 198 Å². The van der Waals surface area contributed by atoms with E-state index < -0.39 is 27.9 Å². The summed E-state index contributed by atoms with van der Waals surface area (Å²) in [5.74, 6) is -0.300. The van der Waals surface area contributed by atoms with Crippen molar-refractivity contribution in [1.82, 2.24) is 0 Å². The van der Waals surface area contributed by atoms with E-state index in [1.54, 1.807) is 24.3 Å². The molecule has 0 radical (unpaired) electrons. The number of carbonyl (C=O) groups excluding carboxylic acids is 2. The maximum absolute atomic E-state index is 13.5. The molecule has 1 aliphatic heterocycles. The standard InChI is InChI=1S/C25H25N3O5S/c1-15-9-10-16(2)24(17(15)3)33-14-22(29)28-21-12-11-19(34(26,31)32)13-20(21)27-25(30)23(28)18-7-5-4-6-8-18/h4-13,23H,14H2,1-3H3,(H,27,30)(H2,26,31,32). The molecular weight excluding hydrogens is 454 g/mol. The zero-order valence-electron chi connectivity index (χ0n) is 19.0. The molecule has 0 saturated carbocycles. The zero-order chi connectivity index (χ0) is 24.6. The topological polar surface area (TPSA) is 119 Å². The molecule has 0 saturated heterocycles. The Morgan fingerprint density at radius 3 is 2.38 bits per heavy atom. The number of hydrogen-bond donors (Lipinski definition) is 2. The lowest BCUT2D eigenvalue weighted by atomic mass is 10.00. The van der Waals surface area contributed by atoms with Gasteiger partial charge in [0.15, 0.2) is 6.61 Å². The summed E-state index contributed by atoms with van der Waals surface area (Å²) in [5.41, 5.74) is 4.00. The van der Waals surface area contributed by atoms with E-state index in [0.29, 0.717) is 17.0 Å². The summed E-state index contributed by atoms with van der Waals surface area (Å²) in [6.45, 7) is 5.48. The molecular formula is C25H25N3O5S. The van der Waals surface area contributed by atoms with Crippen molar-refractivity contribution in [2.24, 2.45) is 5.14 Å². The van der Waals surface area contributed by atoms with Gasteiger partial charge in [-0.3, -0.25) is 14.5 Å². The van der Waals surface area contributed by atoms with Crippen LogP contribution in [0, 0.1) is 20.8 Å². The van der Waals surface area contributed by atoms with Crippen LogP contribution in [0.1, 0.15) is 28.3 Å². The van der Waals surface area contributed by atoms with Gasteiger partial charge in [-0.25, -0.2) is 13.6 Å². The molecule has 1 heterocycles. The first-order valence-corrected chi connectivity index (χ1v) is 12.2. The van der Waals surface area contributed by atoms with Gasteiger partial charge in [0.25, 0.3) is 11.8 Å². The Hall–Kier alpha value is -3.69. The highest BCUT2D eigenvalue weighted by atomic mass is 32.2. The van der Waals surface area contributed by atoms with Crippen LogP contribution in [0.3, 0.4) is 0 Å². The van der Waals surface area contributed by atoms with Crippen LogP contribution in [-0.2, 0) is 19.6 Å². The smallest absolute Gasteiger partial charge is 0.265 e. The Morgan fingerprint density at radius 2 is 1.71 bits per heavy atom. The molecule has 4 rings (SSSR count). The van der Waals surface area contributed by atoms with E-state index in [9.17, 15) is 18.0 Å². The first-order chi connectivity index (χ1) is 16.1. The fraction of sp³-hybridized carbons (Fsp3) is 0.200. The largest absolute Gasteiger partial charge is 0.483 e. The van der Waals surface area contributed by atoms with Crippen molar-refractivity contribution in [3.8, 4) is 5.75 Å². The summed E-state index contributed by atoms with van der Waals surface area (Å²) >= 11 is 0. The van der Waals surface area contributed by atoms with Gasteiger partial charge < -0.3 is 10.1 Å². The number of carbonyl (C=O) groups is 2. The third-order valence-corrected chi connectivity index (χ3v) is 6.83. The number of primary sulfonamides is 1. The van der Waals surface area contributed by atoms with E-state index in [-0.39, 0.29) is 17.2 Å². The van der Waals surface area contributed by atoms with Crippen molar-refractivity contribution in [1.29, 1.82) is 0 Å². The van der Waals surface area contributed by atoms with Crippen LogP contribution < -0.4 is 20.1 Å². The number of anilines is 2. The number of hydrogen-bond acceptors (Lipinski definition) is 5. The molecule has 0 bridgehead atoms. The number of nitrogens with zero attached hydrogens (tertiary/aromatic N) is 1. The number of nitrogens with one attached hydrogen (secondary N) is 1. The molecule has 1 aliphatic rings. The number of nitrogens with two attached hydrogens (primary N) is 1. The molecule has 9 heteroatoms. The average Bonchev–Trinajstić information content (AvgIpc) is 2.80. The molecule has 1 atom stereocenters. The van der Waals surface area contributed by atoms with Gasteiger partial charge >= 0.3 is 0 Å². The van der Waals surface area contributed by atoms with Crippen LogP contribution in [0.25, 0.3) is 0 Å². The second-order valence-electron chi connectivity index (χ2n) is 8.23. The van der Waals surface area contributed by atoms with Gasteiger partial charge in [-0.2, -0.15) is 0 Å².